The number of hydrogen-bond acceptors (Lipinski definition) is 6. The molecule has 0 aromatic carbocycles. The highest BCUT2D eigenvalue weighted by Gasteiger charge is 2.31. The minimum atomic E-state index is -0.879. The minimum Gasteiger partial charge on any atom is -0.477 e. The van der Waals surface area contributed by atoms with Crippen LogP contribution in [0.2, 0.25) is 0 Å². The summed E-state index contributed by atoms with van der Waals surface area (Å²) in [5, 5.41) is 9.67. The molecular formula is C58H102NO7+. The summed E-state index contributed by atoms with van der Waals surface area (Å²) in [7, 11) is 5.53. The Kier molecular flexibility index (Phi) is 45.9. The van der Waals surface area contributed by atoms with Gasteiger partial charge in [-0.2, -0.15) is 0 Å². The first-order chi connectivity index (χ1) is 32.1. The SMILES string of the molecule is CC/C=C/C/C=C/C/C=C/C/C=C/CCCCCCCCC(=O)OCC(COCCC(C(=O)O)[N+](C)(C)C)OC(=O)CCCCCCCCC/C=C/C/C=C/CCCCCCCCCCC. The Morgan fingerprint density at radius 3 is 1.26 bits per heavy atom. The largest absolute Gasteiger partial charge is 0.477 e. The molecule has 0 spiro atoms. The van der Waals surface area contributed by atoms with Crippen LogP contribution in [0.25, 0.3) is 0 Å². The summed E-state index contributed by atoms with van der Waals surface area (Å²) >= 11 is 0. The van der Waals surface area contributed by atoms with Gasteiger partial charge >= 0.3 is 17.9 Å². The highest BCUT2D eigenvalue weighted by molar-refractivity contribution is 5.72. The number of carboxylic acid groups (broad SMARTS) is 1. The van der Waals surface area contributed by atoms with E-state index in [9.17, 15) is 19.5 Å². The van der Waals surface area contributed by atoms with E-state index >= 15 is 0 Å². The van der Waals surface area contributed by atoms with E-state index in [-0.39, 0.29) is 36.2 Å². The summed E-state index contributed by atoms with van der Waals surface area (Å²) in [6.07, 6.45) is 62.4. The number of hydrogen-bond donors (Lipinski definition) is 1. The van der Waals surface area contributed by atoms with Gasteiger partial charge in [-0.15, -0.1) is 0 Å². The van der Waals surface area contributed by atoms with Gasteiger partial charge in [-0.05, 0) is 83.5 Å². The Labute approximate surface area is 406 Å². The van der Waals surface area contributed by atoms with Gasteiger partial charge in [-0.3, -0.25) is 9.59 Å². The van der Waals surface area contributed by atoms with Gasteiger partial charge in [0.25, 0.3) is 0 Å². The minimum absolute atomic E-state index is 0.0503. The number of quaternary nitrogens is 1. The second-order valence-electron chi connectivity index (χ2n) is 19.1. The van der Waals surface area contributed by atoms with Crippen molar-refractivity contribution in [3.8, 4) is 0 Å². The lowest BCUT2D eigenvalue weighted by atomic mass is 10.1. The third-order valence-corrected chi connectivity index (χ3v) is 11.8. The van der Waals surface area contributed by atoms with Gasteiger partial charge in [-0.25, -0.2) is 4.79 Å². The van der Waals surface area contributed by atoms with Crippen molar-refractivity contribution in [2.45, 2.75) is 238 Å². The van der Waals surface area contributed by atoms with Gasteiger partial charge in [-0.1, -0.05) is 196 Å². The summed E-state index contributed by atoms with van der Waals surface area (Å²) < 4.78 is 17.4. The molecule has 0 rings (SSSR count). The normalized spacial score (nSPS) is 13.4. The average Bonchev–Trinajstić information content (AvgIpc) is 3.28. The van der Waals surface area contributed by atoms with Crippen LogP contribution in [0.4, 0.5) is 0 Å². The standard InChI is InChI=1S/C58H101NO7/c1-6-8-10-12-14-16-18-20-22-24-26-27-28-29-31-33-35-37-39-41-43-45-47-49-57(61)66-54(52-64-51-50-55(58(62)63)59(3,4)5)53-65-56(60)48-46-44-42-40-38-36-34-32-30-25-23-21-19-17-15-13-11-9-7-2/h9,11,15,17,21,23,26-27,29-32,54-55H,6-8,10,12-14,16,18-20,22,24-25,28,33-53H2,1-5H3/p+1/b11-9+,17-15+,23-21+,27-26+,31-29+,32-30+. The molecule has 0 bridgehead atoms. The molecule has 0 aromatic heterocycles. The van der Waals surface area contributed by atoms with Crippen LogP contribution in [-0.2, 0) is 28.6 Å². The monoisotopic (exact) mass is 925 g/mol. The smallest absolute Gasteiger partial charge is 0.362 e. The molecule has 380 valence electrons. The summed E-state index contributed by atoms with van der Waals surface area (Å²) in [5.41, 5.74) is 0. The fourth-order valence-corrected chi connectivity index (χ4v) is 7.70. The van der Waals surface area contributed by atoms with Crippen LogP contribution in [0.15, 0.2) is 72.9 Å². The molecule has 0 aliphatic rings. The van der Waals surface area contributed by atoms with Crippen LogP contribution in [-0.4, -0.2) is 80.6 Å². The van der Waals surface area contributed by atoms with Gasteiger partial charge in [0.2, 0.25) is 0 Å². The lowest BCUT2D eigenvalue weighted by molar-refractivity contribution is -0.887. The summed E-state index contributed by atoms with van der Waals surface area (Å²) in [6.45, 7) is 4.62. The maximum absolute atomic E-state index is 12.8. The number of carbonyl (C=O) groups is 3. The molecule has 2 unspecified atom stereocenters. The van der Waals surface area contributed by atoms with Crippen molar-refractivity contribution in [2.24, 2.45) is 0 Å². The molecular weight excluding hydrogens is 823 g/mol. The number of ether oxygens (including phenoxy) is 3. The molecule has 0 aromatic rings. The number of esters is 2. The predicted octanol–water partition coefficient (Wildman–Crippen LogP) is 15.9. The van der Waals surface area contributed by atoms with E-state index in [4.69, 9.17) is 14.2 Å². The number of unbranched alkanes of at least 4 members (excludes halogenated alkanes) is 22. The molecule has 66 heavy (non-hydrogen) atoms. The third-order valence-electron chi connectivity index (χ3n) is 11.8. The zero-order chi connectivity index (χ0) is 48.4. The molecule has 0 saturated heterocycles. The predicted molar refractivity (Wildman–Crippen MR) is 280 cm³/mol. The number of nitrogens with zero attached hydrogens (tertiary/aromatic N) is 1. The van der Waals surface area contributed by atoms with Crippen LogP contribution in [0, 0.1) is 0 Å². The first kappa shape index (κ1) is 62.8. The lowest BCUT2D eigenvalue weighted by Crippen LogP contribution is -2.50. The summed E-state index contributed by atoms with van der Waals surface area (Å²) in [4.78, 5) is 37.2. The van der Waals surface area contributed by atoms with E-state index < -0.39 is 18.1 Å². The Morgan fingerprint density at radius 1 is 0.470 bits per heavy atom. The third kappa shape index (κ3) is 45.9. The molecule has 0 amide bonds. The zero-order valence-corrected chi connectivity index (χ0v) is 43.4. The van der Waals surface area contributed by atoms with Gasteiger partial charge < -0.3 is 23.8 Å². The molecule has 0 saturated carbocycles. The summed E-state index contributed by atoms with van der Waals surface area (Å²) in [6, 6.07) is -0.623. The van der Waals surface area contributed by atoms with Crippen LogP contribution in [0.3, 0.4) is 0 Å². The van der Waals surface area contributed by atoms with Crippen molar-refractivity contribution >= 4 is 17.9 Å². The quantitative estimate of drug-likeness (QED) is 0.0281. The first-order valence-electron chi connectivity index (χ1n) is 27.0. The molecule has 8 heteroatoms. The van der Waals surface area contributed by atoms with Crippen molar-refractivity contribution in [1.29, 1.82) is 0 Å². The Hall–Kier alpha value is -3.23. The molecule has 1 N–H and O–H groups in total. The van der Waals surface area contributed by atoms with Gasteiger partial charge in [0.1, 0.15) is 6.61 Å². The lowest BCUT2D eigenvalue weighted by Gasteiger charge is -2.31. The van der Waals surface area contributed by atoms with Gasteiger partial charge in [0, 0.05) is 19.3 Å². The number of likely N-dealkylation sites (N-methyl/N-ethyl adjacent to an activating group) is 1. The van der Waals surface area contributed by atoms with Crippen molar-refractivity contribution in [1.82, 2.24) is 0 Å². The zero-order valence-electron chi connectivity index (χ0n) is 43.4. The van der Waals surface area contributed by atoms with Crippen molar-refractivity contribution < 1.29 is 38.2 Å². The Morgan fingerprint density at radius 2 is 0.848 bits per heavy atom. The van der Waals surface area contributed by atoms with Gasteiger partial charge in [0.15, 0.2) is 12.1 Å². The molecule has 0 heterocycles. The molecule has 0 aliphatic carbocycles. The molecule has 0 fully saturated rings. The van der Waals surface area contributed by atoms with Crippen molar-refractivity contribution in [3.63, 3.8) is 0 Å². The Bertz CT molecular complexity index is 1310. The van der Waals surface area contributed by atoms with E-state index in [2.05, 4.69) is 86.8 Å². The average molecular weight is 925 g/mol. The van der Waals surface area contributed by atoms with Crippen molar-refractivity contribution in [2.75, 3.05) is 41.0 Å². The maximum Gasteiger partial charge on any atom is 0.362 e. The van der Waals surface area contributed by atoms with E-state index in [1.54, 1.807) is 0 Å². The maximum atomic E-state index is 12.8. The molecule has 2 atom stereocenters. The van der Waals surface area contributed by atoms with Crippen LogP contribution >= 0.6 is 0 Å². The fraction of sp³-hybridized carbons (Fsp3) is 0.741. The van der Waals surface area contributed by atoms with E-state index in [1.165, 1.54) is 103 Å². The fourth-order valence-electron chi connectivity index (χ4n) is 7.70. The van der Waals surface area contributed by atoms with E-state index in [1.807, 2.05) is 21.1 Å². The Balaban J connectivity index is 4.26. The molecule has 0 aliphatic heterocycles. The number of carbonyl (C=O) groups excluding carboxylic acids is 2. The van der Waals surface area contributed by atoms with Crippen LogP contribution in [0.1, 0.15) is 226 Å². The number of carboxylic acids is 1. The highest BCUT2D eigenvalue weighted by Crippen LogP contribution is 2.15. The summed E-state index contributed by atoms with van der Waals surface area (Å²) in [5.74, 6) is -1.49. The van der Waals surface area contributed by atoms with E-state index in [0.29, 0.717) is 19.3 Å². The first-order valence-corrected chi connectivity index (χ1v) is 27.0. The second-order valence-corrected chi connectivity index (χ2v) is 19.1. The number of rotatable bonds is 48. The van der Waals surface area contributed by atoms with Gasteiger partial charge in [0.05, 0.1) is 34.4 Å². The number of allylic oxidation sites excluding steroid dienone is 12. The topological polar surface area (TPSA) is 99.1 Å². The molecule has 0 radical (unpaired) electrons. The van der Waals surface area contributed by atoms with E-state index in [0.717, 1.165) is 89.9 Å². The van der Waals surface area contributed by atoms with Crippen molar-refractivity contribution in [3.05, 3.63) is 72.9 Å². The second kappa shape index (κ2) is 48.2. The van der Waals surface area contributed by atoms with Crippen LogP contribution < -0.4 is 0 Å². The molecule has 8 nitrogen and oxygen atoms in total. The highest BCUT2D eigenvalue weighted by atomic mass is 16.6. The van der Waals surface area contributed by atoms with Crippen LogP contribution in [0.5, 0.6) is 0 Å². The number of aliphatic carboxylic acids is 1.